The van der Waals surface area contributed by atoms with Crippen LogP contribution in [-0.2, 0) is 28.6 Å². The molecule has 4 atom stereocenters. The monoisotopic (exact) mass is 340 g/mol. The van der Waals surface area contributed by atoms with Crippen LogP contribution in [0.2, 0.25) is 0 Å². The lowest BCUT2D eigenvalue weighted by molar-refractivity contribution is -0.166. The van der Waals surface area contributed by atoms with Crippen LogP contribution in [0.4, 0.5) is 0 Å². The second-order valence-corrected chi connectivity index (χ2v) is 5.45. The topological polar surface area (TPSA) is 128 Å². The minimum absolute atomic E-state index is 0.346. The van der Waals surface area contributed by atoms with E-state index in [4.69, 9.17) is 19.9 Å². The molecule has 3 N–H and O–H groups in total. The molecule has 9 heteroatoms. The first-order valence-corrected chi connectivity index (χ1v) is 7.38. The summed E-state index contributed by atoms with van der Waals surface area (Å²) < 4.78 is 16.1. The number of aliphatic hydroxyl groups is 1. The van der Waals surface area contributed by atoms with Crippen LogP contribution >= 0.6 is 0 Å². The standard InChI is InChI=1S/C15H20N2O7/c1-8(19)22-12-11(7-18)24-15(13(12)23-9(2)20)17-5-3-4-10(6-17)14(16)21/h3,5-6,11-13,15,18H,4,7H2,1-2H3,(H2,16,21)/t11-,12-,13-,15-/m1/s1. The molecule has 0 aromatic carbocycles. The third-order valence-corrected chi connectivity index (χ3v) is 3.60. The van der Waals surface area contributed by atoms with Crippen molar-refractivity contribution >= 4 is 17.8 Å². The molecule has 0 saturated carbocycles. The van der Waals surface area contributed by atoms with Crippen molar-refractivity contribution in [3.05, 3.63) is 24.0 Å². The van der Waals surface area contributed by atoms with Gasteiger partial charge in [-0.05, 0) is 6.42 Å². The van der Waals surface area contributed by atoms with Crippen LogP contribution in [-0.4, -0.2) is 59.0 Å². The summed E-state index contributed by atoms with van der Waals surface area (Å²) in [4.78, 5) is 35.6. The fourth-order valence-corrected chi connectivity index (χ4v) is 2.65. The number of amides is 1. The minimum atomic E-state index is -0.975. The second kappa shape index (κ2) is 7.45. The maximum Gasteiger partial charge on any atom is 0.303 e. The summed E-state index contributed by atoms with van der Waals surface area (Å²) in [6.45, 7) is 1.99. The molecule has 9 nitrogen and oxygen atoms in total. The number of nitrogens with zero attached hydrogens (tertiary/aromatic N) is 1. The molecule has 0 bridgehead atoms. The Hall–Kier alpha value is -2.39. The SMILES string of the molecule is CC(=O)O[C@@H]1[C@H](OC(C)=O)[C@@H](CO)O[C@H]1N1C=CCC(C(N)=O)=C1. The third-order valence-electron chi connectivity index (χ3n) is 3.60. The highest BCUT2D eigenvalue weighted by Gasteiger charge is 2.50. The van der Waals surface area contributed by atoms with E-state index in [-0.39, 0.29) is 0 Å². The number of rotatable bonds is 5. The first-order valence-electron chi connectivity index (χ1n) is 7.38. The van der Waals surface area contributed by atoms with Gasteiger partial charge in [0.1, 0.15) is 6.10 Å². The molecule has 1 fully saturated rings. The molecular weight excluding hydrogens is 320 g/mol. The Morgan fingerprint density at radius 1 is 1.29 bits per heavy atom. The van der Waals surface area contributed by atoms with E-state index in [0.717, 1.165) is 0 Å². The van der Waals surface area contributed by atoms with E-state index in [1.807, 2.05) is 0 Å². The van der Waals surface area contributed by atoms with Crippen molar-refractivity contribution in [1.82, 2.24) is 4.90 Å². The van der Waals surface area contributed by atoms with Crippen molar-refractivity contribution in [2.45, 2.75) is 44.8 Å². The molecule has 0 aromatic heterocycles. The molecule has 2 aliphatic heterocycles. The average molecular weight is 340 g/mol. The van der Waals surface area contributed by atoms with E-state index in [0.29, 0.717) is 12.0 Å². The van der Waals surface area contributed by atoms with Gasteiger partial charge in [-0.3, -0.25) is 14.4 Å². The number of carbonyl (C=O) groups is 3. The molecule has 0 spiro atoms. The van der Waals surface area contributed by atoms with Gasteiger partial charge in [0, 0.05) is 31.8 Å². The molecule has 2 rings (SSSR count). The zero-order valence-electron chi connectivity index (χ0n) is 13.4. The van der Waals surface area contributed by atoms with Gasteiger partial charge >= 0.3 is 11.9 Å². The molecule has 0 radical (unpaired) electrons. The van der Waals surface area contributed by atoms with E-state index in [2.05, 4.69) is 0 Å². The first kappa shape index (κ1) is 18.0. The normalized spacial score (nSPS) is 29.1. The number of allylic oxidation sites excluding steroid dienone is 1. The Morgan fingerprint density at radius 3 is 2.46 bits per heavy atom. The Kier molecular flexibility index (Phi) is 5.58. The van der Waals surface area contributed by atoms with Gasteiger partial charge in [0.05, 0.1) is 6.61 Å². The molecule has 0 aliphatic carbocycles. The molecule has 0 aromatic rings. The van der Waals surface area contributed by atoms with Crippen molar-refractivity contribution in [3.8, 4) is 0 Å². The lowest BCUT2D eigenvalue weighted by Gasteiger charge is -2.30. The van der Waals surface area contributed by atoms with Crippen LogP contribution in [0, 0.1) is 0 Å². The second-order valence-electron chi connectivity index (χ2n) is 5.45. The smallest absolute Gasteiger partial charge is 0.303 e. The predicted molar refractivity (Wildman–Crippen MR) is 79.7 cm³/mol. The van der Waals surface area contributed by atoms with Crippen molar-refractivity contribution in [3.63, 3.8) is 0 Å². The highest BCUT2D eigenvalue weighted by atomic mass is 16.6. The Morgan fingerprint density at radius 2 is 1.92 bits per heavy atom. The lowest BCUT2D eigenvalue weighted by Crippen LogP contribution is -2.44. The largest absolute Gasteiger partial charge is 0.456 e. The third kappa shape index (κ3) is 3.92. The quantitative estimate of drug-likeness (QED) is 0.620. The summed E-state index contributed by atoms with van der Waals surface area (Å²) in [7, 11) is 0. The predicted octanol–water partition coefficient (Wildman–Crippen LogP) is -0.844. The van der Waals surface area contributed by atoms with Crippen LogP contribution in [0.1, 0.15) is 20.3 Å². The van der Waals surface area contributed by atoms with Gasteiger partial charge in [-0.25, -0.2) is 0 Å². The molecule has 132 valence electrons. The van der Waals surface area contributed by atoms with Crippen molar-refractivity contribution in [2.75, 3.05) is 6.61 Å². The van der Waals surface area contributed by atoms with Gasteiger partial charge in [0.15, 0.2) is 18.4 Å². The highest BCUT2D eigenvalue weighted by Crippen LogP contribution is 2.31. The van der Waals surface area contributed by atoms with E-state index in [9.17, 15) is 19.5 Å². The summed E-state index contributed by atoms with van der Waals surface area (Å²) >= 11 is 0. The van der Waals surface area contributed by atoms with Gasteiger partial charge in [0.2, 0.25) is 5.91 Å². The molecule has 1 saturated heterocycles. The van der Waals surface area contributed by atoms with E-state index < -0.39 is 49.0 Å². The van der Waals surface area contributed by atoms with E-state index >= 15 is 0 Å². The summed E-state index contributed by atoms with van der Waals surface area (Å²) in [6.07, 6.45) is 1.49. The zero-order chi connectivity index (χ0) is 17.9. The molecule has 2 heterocycles. The van der Waals surface area contributed by atoms with Crippen LogP contribution in [0.25, 0.3) is 0 Å². The Balaban J connectivity index is 2.30. The number of nitrogens with two attached hydrogens (primary N) is 1. The zero-order valence-corrected chi connectivity index (χ0v) is 13.4. The number of aliphatic hydroxyl groups excluding tert-OH is 1. The van der Waals surface area contributed by atoms with Crippen LogP contribution in [0.5, 0.6) is 0 Å². The van der Waals surface area contributed by atoms with E-state index in [1.54, 1.807) is 12.3 Å². The number of ether oxygens (including phenoxy) is 3. The van der Waals surface area contributed by atoms with Gasteiger partial charge in [-0.15, -0.1) is 0 Å². The maximum atomic E-state index is 11.4. The first-order chi connectivity index (χ1) is 11.3. The van der Waals surface area contributed by atoms with Crippen LogP contribution in [0.15, 0.2) is 24.0 Å². The molecular formula is C15H20N2O7. The highest BCUT2D eigenvalue weighted by molar-refractivity contribution is 5.92. The Labute approximate surface area is 138 Å². The number of hydrogen-bond acceptors (Lipinski definition) is 8. The van der Waals surface area contributed by atoms with Crippen molar-refractivity contribution in [1.29, 1.82) is 0 Å². The van der Waals surface area contributed by atoms with Crippen molar-refractivity contribution in [2.24, 2.45) is 5.73 Å². The number of primary amides is 1. The fraction of sp³-hybridized carbons (Fsp3) is 0.533. The molecule has 2 aliphatic rings. The summed E-state index contributed by atoms with van der Waals surface area (Å²) in [6, 6.07) is 0. The van der Waals surface area contributed by atoms with Gasteiger partial charge < -0.3 is 30.0 Å². The summed E-state index contributed by atoms with van der Waals surface area (Å²) in [5.74, 6) is -1.77. The maximum absolute atomic E-state index is 11.4. The number of esters is 2. The lowest BCUT2D eigenvalue weighted by atomic mass is 10.1. The number of carbonyl (C=O) groups excluding carboxylic acids is 3. The van der Waals surface area contributed by atoms with Gasteiger partial charge in [-0.2, -0.15) is 0 Å². The van der Waals surface area contributed by atoms with Gasteiger partial charge in [-0.1, -0.05) is 6.08 Å². The average Bonchev–Trinajstić information content (AvgIpc) is 2.84. The van der Waals surface area contributed by atoms with Crippen LogP contribution < -0.4 is 5.73 Å². The number of hydrogen-bond donors (Lipinski definition) is 2. The van der Waals surface area contributed by atoms with Crippen LogP contribution in [0.3, 0.4) is 0 Å². The molecule has 0 unspecified atom stereocenters. The van der Waals surface area contributed by atoms with E-state index in [1.165, 1.54) is 24.9 Å². The summed E-state index contributed by atoms with van der Waals surface area (Å²) in [5, 5.41) is 9.47. The fourth-order valence-electron chi connectivity index (χ4n) is 2.65. The molecule has 24 heavy (non-hydrogen) atoms. The van der Waals surface area contributed by atoms with Gasteiger partial charge in [0.25, 0.3) is 0 Å². The molecule has 1 amide bonds. The Bertz CT molecular complexity index is 586. The summed E-state index contributed by atoms with van der Waals surface area (Å²) in [5.41, 5.74) is 5.63. The minimum Gasteiger partial charge on any atom is -0.456 e. The van der Waals surface area contributed by atoms with Crippen molar-refractivity contribution < 1.29 is 33.7 Å².